The smallest absolute Gasteiger partial charge is 0.243 e. The molecular weight excluding hydrogens is 305 g/mol. The summed E-state index contributed by atoms with van der Waals surface area (Å²) >= 11 is 0. The molecule has 0 radical (unpaired) electrons. The van der Waals surface area contributed by atoms with E-state index in [1.807, 2.05) is 0 Å². The van der Waals surface area contributed by atoms with Crippen molar-refractivity contribution in [2.75, 3.05) is 24.6 Å². The molecule has 5 nitrogen and oxygen atoms in total. The molecule has 0 aromatic heterocycles. The van der Waals surface area contributed by atoms with Crippen LogP contribution in [0.4, 0.5) is 4.39 Å². The summed E-state index contributed by atoms with van der Waals surface area (Å²) < 4.78 is 51.1. The van der Waals surface area contributed by atoms with E-state index in [-0.39, 0.29) is 29.1 Å². The highest BCUT2D eigenvalue weighted by Gasteiger charge is 2.29. The van der Waals surface area contributed by atoms with E-state index in [2.05, 4.69) is 0 Å². The fourth-order valence-electron chi connectivity index (χ4n) is 2.08. The molecule has 1 fully saturated rings. The highest BCUT2D eigenvalue weighted by Crippen LogP contribution is 2.23. The Balaban J connectivity index is 2.39. The number of sulfonamides is 1. The van der Waals surface area contributed by atoms with E-state index in [0.717, 1.165) is 6.07 Å². The highest BCUT2D eigenvalue weighted by molar-refractivity contribution is 7.89. The summed E-state index contributed by atoms with van der Waals surface area (Å²) in [4.78, 5) is -0.0341. The number of halogens is 1. The Morgan fingerprint density at radius 3 is 2.50 bits per heavy atom. The average molecular weight is 321 g/mol. The molecule has 0 bridgehead atoms. The minimum Gasteiger partial charge on any atom is -0.392 e. The van der Waals surface area contributed by atoms with Crippen molar-refractivity contribution in [3.8, 4) is 0 Å². The second-order valence-corrected chi connectivity index (χ2v) is 8.26. The minimum atomic E-state index is -3.74. The predicted molar refractivity (Wildman–Crippen MR) is 73.7 cm³/mol. The Hall–Kier alpha value is -0.830. The van der Waals surface area contributed by atoms with Crippen molar-refractivity contribution < 1.29 is 22.1 Å². The maximum Gasteiger partial charge on any atom is 0.243 e. The van der Waals surface area contributed by atoms with Gasteiger partial charge in [0.2, 0.25) is 10.0 Å². The second-order valence-electron chi connectivity index (χ2n) is 4.62. The lowest BCUT2D eigenvalue weighted by Crippen LogP contribution is -2.41. The summed E-state index contributed by atoms with van der Waals surface area (Å²) in [7, 11) is -4.71. The van der Waals surface area contributed by atoms with Gasteiger partial charge in [-0.25, -0.2) is 12.8 Å². The van der Waals surface area contributed by atoms with E-state index in [1.54, 1.807) is 0 Å². The van der Waals surface area contributed by atoms with E-state index >= 15 is 0 Å². The second kappa shape index (κ2) is 5.88. The zero-order chi connectivity index (χ0) is 14.9. The summed E-state index contributed by atoms with van der Waals surface area (Å²) in [6.45, 7) is 1.29. The van der Waals surface area contributed by atoms with Crippen molar-refractivity contribution in [3.05, 3.63) is 29.1 Å². The van der Waals surface area contributed by atoms with E-state index in [4.69, 9.17) is 5.11 Å². The van der Waals surface area contributed by atoms with Crippen LogP contribution >= 0.6 is 0 Å². The van der Waals surface area contributed by atoms with E-state index in [0.29, 0.717) is 11.5 Å². The molecule has 1 heterocycles. The Labute approximate surface area is 119 Å². The van der Waals surface area contributed by atoms with Gasteiger partial charge in [0.05, 0.1) is 11.5 Å². The maximum absolute atomic E-state index is 13.7. The molecule has 0 aliphatic carbocycles. The van der Waals surface area contributed by atoms with Gasteiger partial charge in [-0.05, 0) is 24.6 Å². The van der Waals surface area contributed by atoms with Gasteiger partial charge in [0.1, 0.15) is 5.82 Å². The first kappa shape index (κ1) is 15.6. The number of hydrogen-bond donors (Lipinski definition) is 1. The first-order valence-electron chi connectivity index (χ1n) is 6.11. The summed E-state index contributed by atoms with van der Waals surface area (Å²) in [5.41, 5.74) is 0.139. The van der Waals surface area contributed by atoms with Crippen LogP contribution in [0.2, 0.25) is 0 Å². The number of aliphatic hydroxyl groups excluding tert-OH is 1. The van der Waals surface area contributed by atoms with Crippen molar-refractivity contribution in [2.45, 2.75) is 18.4 Å². The molecule has 0 unspecified atom stereocenters. The Bertz CT molecular complexity index is 635. The minimum absolute atomic E-state index is 0.0341. The first-order valence-corrected chi connectivity index (χ1v) is 9.04. The molecule has 0 atom stereocenters. The summed E-state index contributed by atoms with van der Waals surface area (Å²) in [5.74, 6) is 0.0321. The standard InChI is InChI=1S/C12H16FNO4S2/c1-9-6-11(7-10(8-15)12(9)13)20(17,18)14-2-4-19(16)5-3-14/h6-7,15H,2-5,8H2,1H3. The monoisotopic (exact) mass is 321 g/mol. The number of rotatable bonds is 3. The van der Waals surface area contributed by atoms with E-state index in [1.165, 1.54) is 17.3 Å². The van der Waals surface area contributed by atoms with Gasteiger partial charge in [-0.3, -0.25) is 4.21 Å². The Kier molecular flexibility index (Phi) is 4.58. The van der Waals surface area contributed by atoms with Gasteiger partial charge >= 0.3 is 0 Å². The lowest BCUT2D eigenvalue weighted by molar-refractivity contribution is 0.275. The van der Waals surface area contributed by atoms with Crippen molar-refractivity contribution in [2.24, 2.45) is 0 Å². The topological polar surface area (TPSA) is 74.7 Å². The number of hydrogen-bond acceptors (Lipinski definition) is 4. The van der Waals surface area contributed by atoms with Crippen molar-refractivity contribution in [3.63, 3.8) is 0 Å². The number of aliphatic hydroxyl groups is 1. The number of benzene rings is 1. The van der Waals surface area contributed by atoms with Crippen LogP contribution in [-0.4, -0.2) is 46.6 Å². The molecule has 1 aliphatic heterocycles. The Morgan fingerprint density at radius 1 is 1.35 bits per heavy atom. The SMILES string of the molecule is Cc1cc(S(=O)(=O)N2CCS(=O)CC2)cc(CO)c1F. The molecule has 1 aromatic carbocycles. The third-order valence-electron chi connectivity index (χ3n) is 3.25. The van der Waals surface area contributed by atoms with Crippen molar-refractivity contribution in [1.82, 2.24) is 4.31 Å². The predicted octanol–water partition coefficient (Wildman–Crippen LogP) is 0.379. The molecule has 112 valence electrons. The Morgan fingerprint density at radius 2 is 1.95 bits per heavy atom. The summed E-state index contributed by atoms with van der Waals surface area (Å²) in [5, 5.41) is 9.09. The molecule has 1 aliphatic rings. The average Bonchev–Trinajstić information content (AvgIpc) is 2.42. The van der Waals surface area contributed by atoms with Gasteiger partial charge in [-0.2, -0.15) is 4.31 Å². The van der Waals surface area contributed by atoms with Crippen molar-refractivity contribution >= 4 is 20.8 Å². The van der Waals surface area contributed by atoms with Crippen LogP contribution in [-0.2, 0) is 27.4 Å². The summed E-state index contributed by atoms with van der Waals surface area (Å²) in [6.07, 6.45) is 0. The molecule has 0 saturated carbocycles. The molecular formula is C12H16FNO4S2. The van der Waals surface area contributed by atoms with Crippen LogP contribution in [0.1, 0.15) is 11.1 Å². The van der Waals surface area contributed by atoms with E-state index < -0.39 is 33.2 Å². The van der Waals surface area contributed by atoms with Crippen LogP contribution in [0.15, 0.2) is 17.0 Å². The molecule has 2 rings (SSSR count). The van der Waals surface area contributed by atoms with Crippen molar-refractivity contribution in [1.29, 1.82) is 0 Å². The largest absolute Gasteiger partial charge is 0.392 e. The molecule has 1 saturated heterocycles. The van der Waals surface area contributed by atoms with Crippen LogP contribution in [0.25, 0.3) is 0 Å². The zero-order valence-corrected chi connectivity index (χ0v) is 12.6. The molecule has 1 N–H and O–H groups in total. The van der Waals surface area contributed by atoms with Gasteiger partial charge < -0.3 is 5.11 Å². The highest BCUT2D eigenvalue weighted by atomic mass is 32.2. The maximum atomic E-state index is 13.7. The van der Waals surface area contributed by atoms with Crippen LogP contribution in [0.5, 0.6) is 0 Å². The van der Waals surface area contributed by atoms with E-state index in [9.17, 15) is 17.0 Å². The quantitative estimate of drug-likeness (QED) is 0.873. The third-order valence-corrected chi connectivity index (χ3v) is 6.40. The molecule has 0 spiro atoms. The number of nitrogens with zero attached hydrogens (tertiary/aromatic N) is 1. The molecule has 0 amide bonds. The summed E-state index contributed by atoms with van der Waals surface area (Å²) in [6, 6.07) is 2.42. The lowest BCUT2D eigenvalue weighted by atomic mass is 10.1. The van der Waals surface area contributed by atoms with Gasteiger partial charge in [-0.1, -0.05) is 0 Å². The lowest BCUT2D eigenvalue weighted by Gasteiger charge is -2.26. The molecule has 1 aromatic rings. The fraction of sp³-hybridized carbons (Fsp3) is 0.500. The van der Waals surface area contributed by atoms with Crippen LogP contribution in [0.3, 0.4) is 0 Å². The number of aryl methyl sites for hydroxylation is 1. The normalized spacial score (nSPS) is 18.4. The van der Waals surface area contributed by atoms with Gasteiger partial charge in [-0.15, -0.1) is 0 Å². The van der Waals surface area contributed by atoms with Crippen LogP contribution < -0.4 is 0 Å². The molecule has 20 heavy (non-hydrogen) atoms. The van der Waals surface area contributed by atoms with Crippen LogP contribution in [0, 0.1) is 12.7 Å². The fourth-order valence-corrected chi connectivity index (χ4v) is 4.94. The zero-order valence-electron chi connectivity index (χ0n) is 11.0. The van der Waals surface area contributed by atoms with Gasteiger partial charge in [0, 0.05) is 41.0 Å². The third kappa shape index (κ3) is 2.93. The van der Waals surface area contributed by atoms with Gasteiger partial charge in [0.25, 0.3) is 0 Å². The molecule has 8 heteroatoms. The first-order chi connectivity index (χ1) is 9.36. The van der Waals surface area contributed by atoms with Gasteiger partial charge in [0.15, 0.2) is 0 Å².